The Morgan fingerprint density at radius 1 is 0.955 bits per heavy atom. The van der Waals surface area contributed by atoms with Gasteiger partial charge in [0.25, 0.3) is 0 Å². The summed E-state index contributed by atoms with van der Waals surface area (Å²) in [6.45, 7) is 2.11. The van der Waals surface area contributed by atoms with Crippen molar-refractivity contribution in [2.24, 2.45) is 0 Å². The second kappa shape index (κ2) is 6.75. The molecule has 2 aromatic carbocycles. The number of benzene rings is 2. The molecule has 0 saturated carbocycles. The van der Waals surface area contributed by atoms with Crippen LogP contribution in [0.25, 0.3) is 11.0 Å². The summed E-state index contributed by atoms with van der Waals surface area (Å²) in [5, 5.41) is 0. The predicted octanol–water partition coefficient (Wildman–Crippen LogP) is 3.58. The van der Waals surface area contributed by atoms with E-state index in [0.717, 1.165) is 37.3 Å². The maximum absolute atomic E-state index is 4.86. The van der Waals surface area contributed by atoms with Gasteiger partial charge in [0.05, 0.1) is 11.0 Å². The van der Waals surface area contributed by atoms with E-state index in [-0.39, 0.29) is 0 Å². The van der Waals surface area contributed by atoms with Gasteiger partial charge in [-0.3, -0.25) is 0 Å². The minimum atomic E-state index is 0.886. The molecule has 0 radical (unpaired) electrons. The fraction of sp³-hybridized carbons (Fsp3) is 0.316. The zero-order chi connectivity index (χ0) is 15.4. The number of aryl methyl sites for hydroxylation is 1. The van der Waals surface area contributed by atoms with E-state index in [1.165, 1.54) is 11.1 Å². The molecule has 0 saturated heterocycles. The lowest BCUT2D eigenvalue weighted by atomic mass is 10.1. The van der Waals surface area contributed by atoms with Gasteiger partial charge < -0.3 is 9.47 Å². The highest BCUT2D eigenvalue weighted by Crippen LogP contribution is 2.19. The van der Waals surface area contributed by atoms with E-state index in [9.17, 15) is 0 Å². The Balaban J connectivity index is 1.90. The van der Waals surface area contributed by atoms with E-state index in [2.05, 4.69) is 78.2 Å². The van der Waals surface area contributed by atoms with Gasteiger partial charge >= 0.3 is 0 Å². The Bertz CT molecular complexity index is 729. The summed E-state index contributed by atoms with van der Waals surface area (Å²) < 4.78 is 2.38. The molecular weight excluding hydrogens is 270 g/mol. The van der Waals surface area contributed by atoms with Crippen LogP contribution in [0.2, 0.25) is 0 Å². The Labute approximate surface area is 132 Å². The van der Waals surface area contributed by atoms with E-state index < -0.39 is 0 Å². The Morgan fingerprint density at radius 3 is 2.45 bits per heavy atom. The molecule has 3 rings (SSSR count). The third-order valence-electron chi connectivity index (χ3n) is 3.93. The normalized spacial score (nSPS) is 11.4. The molecule has 1 aromatic heterocycles. The summed E-state index contributed by atoms with van der Waals surface area (Å²) in [6, 6.07) is 19.0. The van der Waals surface area contributed by atoms with E-state index in [4.69, 9.17) is 4.98 Å². The number of hydrogen-bond acceptors (Lipinski definition) is 2. The average Bonchev–Trinajstić information content (AvgIpc) is 2.86. The number of fused-ring (bicyclic) bond motifs is 1. The van der Waals surface area contributed by atoms with Gasteiger partial charge in [-0.1, -0.05) is 42.5 Å². The third-order valence-corrected chi connectivity index (χ3v) is 3.93. The second-order valence-corrected chi connectivity index (χ2v) is 5.99. The number of rotatable bonds is 6. The number of para-hydroxylation sites is 2. The van der Waals surface area contributed by atoms with Crippen LogP contribution in [-0.2, 0) is 13.0 Å². The van der Waals surface area contributed by atoms with E-state index in [0.29, 0.717) is 0 Å². The van der Waals surface area contributed by atoms with Crippen molar-refractivity contribution in [1.29, 1.82) is 0 Å². The summed E-state index contributed by atoms with van der Waals surface area (Å²) in [5.41, 5.74) is 3.65. The highest BCUT2D eigenvalue weighted by Gasteiger charge is 2.10. The lowest BCUT2D eigenvalue weighted by molar-refractivity contribution is 0.386. The van der Waals surface area contributed by atoms with Crippen LogP contribution in [0.15, 0.2) is 54.6 Å². The van der Waals surface area contributed by atoms with Crippen LogP contribution >= 0.6 is 0 Å². The van der Waals surface area contributed by atoms with E-state index in [1.54, 1.807) is 0 Å². The number of hydrogen-bond donors (Lipinski definition) is 0. The van der Waals surface area contributed by atoms with Crippen LogP contribution in [0, 0.1) is 0 Å². The highest BCUT2D eigenvalue weighted by molar-refractivity contribution is 5.76. The second-order valence-electron chi connectivity index (χ2n) is 5.99. The first-order valence-electron chi connectivity index (χ1n) is 7.87. The molecule has 0 N–H and O–H groups in total. The van der Waals surface area contributed by atoms with Crippen LogP contribution in [0.1, 0.15) is 17.8 Å². The Kier molecular flexibility index (Phi) is 4.54. The zero-order valence-electron chi connectivity index (χ0n) is 13.4. The van der Waals surface area contributed by atoms with Crippen LogP contribution in [0.4, 0.5) is 0 Å². The van der Waals surface area contributed by atoms with Crippen molar-refractivity contribution in [2.75, 3.05) is 20.6 Å². The van der Waals surface area contributed by atoms with Crippen LogP contribution in [0.3, 0.4) is 0 Å². The first-order chi connectivity index (χ1) is 10.7. The van der Waals surface area contributed by atoms with E-state index >= 15 is 0 Å². The topological polar surface area (TPSA) is 21.1 Å². The van der Waals surface area contributed by atoms with Crippen LogP contribution in [0.5, 0.6) is 0 Å². The summed E-state index contributed by atoms with van der Waals surface area (Å²) in [4.78, 5) is 7.09. The largest absolute Gasteiger partial charge is 0.328 e. The number of imidazole rings is 1. The summed E-state index contributed by atoms with van der Waals surface area (Å²) in [5.74, 6) is 1.16. The predicted molar refractivity (Wildman–Crippen MR) is 92.2 cm³/mol. The molecule has 3 nitrogen and oxygen atoms in total. The fourth-order valence-electron chi connectivity index (χ4n) is 2.83. The molecule has 0 bridgehead atoms. The summed E-state index contributed by atoms with van der Waals surface area (Å²) >= 11 is 0. The quantitative estimate of drug-likeness (QED) is 0.692. The van der Waals surface area contributed by atoms with Gasteiger partial charge in [-0.15, -0.1) is 0 Å². The van der Waals surface area contributed by atoms with Gasteiger partial charge in [0.1, 0.15) is 5.82 Å². The number of aromatic nitrogens is 2. The molecule has 0 unspecified atom stereocenters. The van der Waals surface area contributed by atoms with Crippen molar-refractivity contribution in [3.05, 3.63) is 66.0 Å². The molecule has 0 amide bonds. The monoisotopic (exact) mass is 293 g/mol. The maximum Gasteiger partial charge on any atom is 0.114 e. The lowest BCUT2D eigenvalue weighted by Gasteiger charge is -2.12. The van der Waals surface area contributed by atoms with Gasteiger partial charge in [-0.05, 0) is 44.8 Å². The molecule has 0 spiro atoms. The molecule has 114 valence electrons. The van der Waals surface area contributed by atoms with Gasteiger partial charge in [0, 0.05) is 13.0 Å². The minimum absolute atomic E-state index is 0.886. The molecule has 0 aliphatic rings. The minimum Gasteiger partial charge on any atom is -0.328 e. The third kappa shape index (κ3) is 3.37. The van der Waals surface area contributed by atoms with Crippen molar-refractivity contribution in [3.8, 4) is 0 Å². The standard InChI is InChI=1S/C19H23N3/c1-21(2)13-8-14-22-18-12-7-6-11-17(18)20-19(22)15-16-9-4-3-5-10-16/h3-7,9-12H,8,13-15H2,1-2H3. The highest BCUT2D eigenvalue weighted by atomic mass is 15.1. The molecule has 3 heteroatoms. The first-order valence-corrected chi connectivity index (χ1v) is 7.87. The molecule has 0 aliphatic heterocycles. The van der Waals surface area contributed by atoms with Crippen LogP contribution in [-0.4, -0.2) is 35.1 Å². The zero-order valence-corrected chi connectivity index (χ0v) is 13.4. The van der Waals surface area contributed by atoms with Crippen molar-refractivity contribution in [2.45, 2.75) is 19.4 Å². The SMILES string of the molecule is CN(C)CCCn1c(Cc2ccccc2)nc2ccccc21. The van der Waals surface area contributed by atoms with Crippen molar-refractivity contribution in [3.63, 3.8) is 0 Å². The van der Waals surface area contributed by atoms with Gasteiger partial charge in [0.15, 0.2) is 0 Å². The summed E-state index contributed by atoms with van der Waals surface area (Å²) in [6.07, 6.45) is 2.02. The van der Waals surface area contributed by atoms with Gasteiger partial charge in [0.2, 0.25) is 0 Å². The van der Waals surface area contributed by atoms with Crippen molar-refractivity contribution >= 4 is 11.0 Å². The molecule has 1 heterocycles. The van der Waals surface area contributed by atoms with Crippen molar-refractivity contribution < 1.29 is 0 Å². The average molecular weight is 293 g/mol. The summed E-state index contributed by atoms with van der Waals surface area (Å²) in [7, 11) is 4.24. The Morgan fingerprint density at radius 2 is 1.68 bits per heavy atom. The molecular formula is C19H23N3. The molecule has 3 aromatic rings. The molecule has 0 fully saturated rings. The Hall–Kier alpha value is -2.13. The smallest absolute Gasteiger partial charge is 0.114 e. The van der Waals surface area contributed by atoms with E-state index in [1.807, 2.05) is 0 Å². The number of nitrogens with zero attached hydrogens (tertiary/aromatic N) is 3. The van der Waals surface area contributed by atoms with Gasteiger partial charge in [-0.25, -0.2) is 4.98 Å². The molecule has 0 aliphatic carbocycles. The van der Waals surface area contributed by atoms with Crippen molar-refractivity contribution in [1.82, 2.24) is 14.5 Å². The maximum atomic E-state index is 4.86. The molecule has 0 atom stereocenters. The lowest BCUT2D eigenvalue weighted by Crippen LogP contribution is -2.16. The first kappa shape index (κ1) is 14.8. The van der Waals surface area contributed by atoms with Crippen LogP contribution < -0.4 is 0 Å². The fourth-order valence-corrected chi connectivity index (χ4v) is 2.83. The molecule has 22 heavy (non-hydrogen) atoms. The van der Waals surface area contributed by atoms with Gasteiger partial charge in [-0.2, -0.15) is 0 Å².